The molecule has 0 atom stereocenters. The summed E-state index contributed by atoms with van der Waals surface area (Å²) >= 11 is 1.52. The van der Waals surface area contributed by atoms with Crippen molar-refractivity contribution in [2.75, 3.05) is 12.9 Å². The van der Waals surface area contributed by atoms with Crippen LogP contribution in [0.4, 0.5) is 0 Å². The molecule has 0 bridgehead atoms. The fourth-order valence-corrected chi connectivity index (χ4v) is 2.87. The Labute approximate surface area is 151 Å². The third-order valence-corrected chi connectivity index (χ3v) is 4.22. The number of rotatable bonds is 7. The zero-order valence-corrected chi connectivity index (χ0v) is 15.1. The van der Waals surface area contributed by atoms with Crippen LogP contribution in [0.5, 0.6) is 5.75 Å². The van der Waals surface area contributed by atoms with Crippen LogP contribution in [0.2, 0.25) is 0 Å². The van der Waals surface area contributed by atoms with E-state index in [1.54, 1.807) is 10.9 Å². The van der Waals surface area contributed by atoms with Gasteiger partial charge in [-0.25, -0.2) is 0 Å². The SMILES string of the molecule is CCOc1ccccc1/C=N\n1c(Cc2ccccc2)nnc1SC. The first-order valence-electron chi connectivity index (χ1n) is 8.10. The Hall–Kier alpha value is -2.60. The van der Waals surface area contributed by atoms with E-state index in [-0.39, 0.29) is 0 Å². The summed E-state index contributed by atoms with van der Waals surface area (Å²) in [4.78, 5) is 0. The predicted octanol–water partition coefficient (Wildman–Crippen LogP) is 3.87. The molecule has 0 aliphatic carbocycles. The van der Waals surface area contributed by atoms with Crippen molar-refractivity contribution in [2.24, 2.45) is 5.10 Å². The average molecular weight is 352 g/mol. The number of benzene rings is 2. The lowest BCUT2D eigenvalue weighted by molar-refractivity contribution is 0.340. The van der Waals surface area contributed by atoms with Gasteiger partial charge in [0.15, 0.2) is 5.82 Å². The first-order chi connectivity index (χ1) is 12.3. The summed E-state index contributed by atoms with van der Waals surface area (Å²) in [6, 6.07) is 18.0. The standard InChI is InChI=1S/C19H20N4OS/c1-3-24-17-12-8-7-11-16(17)14-20-23-18(21-22-19(23)25-2)13-15-9-5-4-6-10-15/h4-12,14H,3,13H2,1-2H3/b20-14-. The van der Waals surface area contributed by atoms with E-state index < -0.39 is 0 Å². The Kier molecular flexibility index (Phi) is 5.85. The van der Waals surface area contributed by atoms with Gasteiger partial charge in [-0.2, -0.15) is 9.78 Å². The summed E-state index contributed by atoms with van der Waals surface area (Å²) in [6.45, 7) is 2.59. The van der Waals surface area contributed by atoms with Gasteiger partial charge in [0.2, 0.25) is 5.16 Å². The van der Waals surface area contributed by atoms with E-state index in [0.29, 0.717) is 13.0 Å². The van der Waals surface area contributed by atoms with Crippen molar-refractivity contribution in [3.63, 3.8) is 0 Å². The van der Waals surface area contributed by atoms with E-state index in [9.17, 15) is 0 Å². The van der Waals surface area contributed by atoms with Crippen molar-refractivity contribution in [3.05, 3.63) is 71.5 Å². The van der Waals surface area contributed by atoms with Gasteiger partial charge in [0.1, 0.15) is 5.75 Å². The molecule has 0 N–H and O–H groups in total. The fraction of sp³-hybridized carbons (Fsp3) is 0.211. The molecule has 6 heteroatoms. The summed E-state index contributed by atoms with van der Waals surface area (Å²) in [5.74, 6) is 1.62. The van der Waals surface area contributed by atoms with Crippen molar-refractivity contribution in [1.29, 1.82) is 0 Å². The molecule has 0 aliphatic heterocycles. The number of nitrogens with zero attached hydrogens (tertiary/aromatic N) is 4. The summed E-state index contributed by atoms with van der Waals surface area (Å²) in [7, 11) is 0. The molecule has 2 aromatic carbocycles. The van der Waals surface area contributed by atoms with E-state index in [1.807, 2.05) is 55.6 Å². The molecule has 25 heavy (non-hydrogen) atoms. The van der Waals surface area contributed by atoms with Crippen LogP contribution in [-0.2, 0) is 6.42 Å². The number of thioether (sulfide) groups is 1. The molecular formula is C19H20N4OS. The maximum absolute atomic E-state index is 5.65. The van der Waals surface area contributed by atoms with Gasteiger partial charge >= 0.3 is 0 Å². The van der Waals surface area contributed by atoms with Gasteiger partial charge in [0.25, 0.3) is 0 Å². The Morgan fingerprint density at radius 3 is 2.60 bits per heavy atom. The van der Waals surface area contributed by atoms with Crippen molar-refractivity contribution < 1.29 is 4.74 Å². The Morgan fingerprint density at radius 2 is 1.84 bits per heavy atom. The Bertz CT molecular complexity index is 846. The normalized spacial score (nSPS) is 11.1. The number of hydrogen-bond donors (Lipinski definition) is 0. The van der Waals surface area contributed by atoms with Crippen LogP contribution in [0.15, 0.2) is 64.9 Å². The first-order valence-corrected chi connectivity index (χ1v) is 9.32. The van der Waals surface area contributed by atoms with Crippen LogP contribution in [0.3, 0.4) is 0 Å². The molecule has 0 radical (unpaired) electrons. The highest BCUT2D eigenvalue weighted by Gasteiger charge is 2.11. The van der Waals surface area contributed by atoms with Crippen LogP contribution >= 0.6 is 11.8 Å². The minimum absolute atomic E-state index is 0.618. The van der Waals surface area contributed by atoms with Crippen LogP contribution in [-0.4, -0.2) is 34.0 Å². The second kappa shape index (κ2) is 8.48. The second-order valence-corrected chi connectivity index (χ2v) is 6.07. The van der Waals surface area contributed by atoms with E-state index in [2.05, 4.69) is 27.4 Å². The summed E-state index contributed by atoms with van der Waals surface area (Å²) < 4.78 is 7.44. The van der Waals surface area contributed by atoms with Crippen molar-refractivity contribution >= 4 is 18.0 Å². The molecule has 0 spiro atoms. The molecule has 0 fully saturated rings. The number of para-hydroxylation sites is 1. The van der Waals surface area contributed by atoms with Gasteiger partial charge in [-0.1, -0.05) is 54.2 Å². The molecule has 1 heterocycles. The van der Waals surface area contributed by atoms with Gasteiger partial charge in [-0.3, -0.25) is 0 Å². The van der Waals surface area contributed by atoms with Gasteiger partial charge in [-0.05, 0) is 30.9 Å². The van der Waals surface area contributed by atoms with Gasteiger partial charge in [-0.15, -0.1) is 10.2 Å². The minimum atomic E-state index is 0.618. The molecule has 128 valence electrons. The van der Waals surface area contributed by atoms with Gasteiger partial charge in [0, 0.05) is 12.0 Å². The number of aromatic nitrogens is 3. The quantitative estimate of drug-likeness (QED) is 0.478. The molecule has 0 unspecified atom stereocenters. The Balaban J connectivity index is 1.90. The van der Waals surface area contributed by atoms with Crippen LogP contribution in [0.1, 0.15) is 23.9 Å². The number of hydrogen-bond acceptors (Lipinski definition) is 5. The minimum Gasteiger partial charge on any atom is -0.493 e. The molecular weight excluding hydrogens is 332 g/mol. The summed E-state index contributed by atoms with van der Waals surface area (Å²) in [5.41, 5.74) is 2.10. The van der Waals surface area contributed by atoms with Crippen molar-refractivity contribution in [1.82, 2.24) is 14.9 Å². The van der Waals surface area contributed by atoms with E-state index >= 15 is 0 Å². The molecule has 0 aliphatic rings. The second-order valence-electron chi connectivity index (χ2n) is 5.29. The maximum atomic E-state index is 5.65. The van der Waals surface area contributed by atoms with E-state index in [0.717, 1.165) is 22.3 Å². The van der Waals surface area contributed by atoms with E-state index in [1.165, 1.54) is 17.3 Å². The summed E-state index contributed by atoms with van der Waals surface area (Å²) in [5, 5.41) is 13.9. The van der Waals surface area contributed by atoms with Gasteiger partial charge < -0.3 is 4.74 Å². The highest BCUT2D eigenvalue weighted by atomic mass is 32.2. The zero-order valence-electron chi connectivity index (χ0n) is 14.3. The topological polar surface area (TPSA) is 52.3 Å². The van der Waals surface area contributed by atoms with Crippen molar-refractivity contribution in [3.8, 4) is 5.75 Å². The predicted molar refractivity (Wildman–Crippen MR) is 102 cm³/mol. The highest BCUT2D eigenvalue weighted by Crippen LogP contribution is 2.18. The van der Waals surface area contributed by atoms with Crippen LogP contribution in [0, 0.1) is 0 Å². The smallest absolute Gasteiger partial charge is 0.211 e. The molecule has 0 saturated heterocycles. The lowest BCUT2D eigenvalue weighted by Crippen LogP contribution is -2.02. The fourth-order valence-electron chi connectivity index (χ4n) is 2.42. The molecule has 3 rings (SSSR count). The summed E-state index contributed by atoms with van der Waals surface area (Å²) in [6.07, 6.45) is 4.44. The third-order valence-electron chi connectivity index (χ3n) is 3.60. The Morgan fingerprint density at radius 1 is 1.08 bits per heavy atom. The molecule has 0 amide bonds. The van der Waals surface area contributed by atoms with Crippen LogP contribution < -0.4 is 4.74 Å². The lowest BCUT2D eigenvalue weighted by Gasteiger charge is -2.07. The lowest BCUT2D eigenvalue weighted by atomic mass is 10.1. The van der Waals surface area contributed by atoms with E-state index in [4.69, 9.17) is 4.74 Å². The molecule has 1 aromatic heterocycles. The largest absolute Gasteiger partial charge is 0.493 e. The third kappa shape index (κ3) is 4.28. The number of ether oxygens (including phenoxy) is 1. The highest BCUT2D eigenvalue weighted by molar-refractivity contribution is 7.98. The molecule has 0 saturated carbocycles. The monoisotopic (exact) mass is 352 g/mol. The average Bonchev–Trinajstić information content (AvgIpc) is 3.04. The van der Waals surface area contributed by atoms with Gasteiger partial charge in [0.05, 0.1) is 12.8 Å². The zero-order chi connectivity index (χ0) is 17.5. The van der Waals surface area contributed by atoms with Crippen LogP contribution in [0.25, 0.3) is 0 Å². The maximum Gasteiger partial charge on any atom is 0.211 e. The van der Waals surface area contributed by atoms with Crippen molar-refractivity contribution in [2.45, 2.75) is 18.5 Å². The first kappa shape index (κ1) is 17.2. The molecule has 5 nitrogen and oxygen atoms in total. The molecule has 3 aromatic rings.